The number of aromatic carboxylic acids is 1. The van der Waals surface area contributed by atoms with Gasteiger partial charge in [0.05, 0.1) is 11.2 Å². The Morgan fingerprint density at radius 1 is 1.29 bits per heavy atom. The standard InChI is InChI=1S/C15H17N3O3/c1-9(14(19)18(2)3)17-13-10-6-4-5-7-12(10)16-8-11(13)15(20)21/h4-9H,1-3H3,(H,16,17)(H,20,21). The molecule has 1 heterocycles. The number of pyridine rings is 1. The number of carbonyl (C=O) groups excluding carboxylic acids is 1. The average Bonchev–Trinajstić information content (AvgIpc) is 2.46. The molecule has 21 heavy (non-hydrogen) atoms. The lowest BCUT2D eigenvalue weighted by Crippen LogP contribution is -2.37. The van der Waals surface area contributed by atoms with Gasteiger partial charge < -0.3 is 15.3 Å². The zero-order valence-corrected chi connectivity index (χ0v) is 12.1. The number of nitrogens with zero attached hydrogens (tertiary/aromatic N) is 2. The maximum atomic E-state index is 12.0. The van der Waals surface area contributed by atoms with Crippen molar-refractivity contribution in [1.29, 1.82) is 0 Å². The number of carbonyl (C=O) groups is 2. The molecule has 1 aromatic heterocycles. The first-order chi connectivity index (χ1) is 9.91. The van der Waals surface area contributed by atoms with Crippen LogP contribution >= 0.6 is 0 Å². The van der Waals surface area contributed by atoms with E-state index in [2.05, 4.69) is 10.3 Å². The third-order valence-electron chi connectivity index (χ3n) is 3.18. The van der Waals surface area contributed by atoms with Crippen LogP contribution in [0.4, 0.5) is 5.69 Å². The Bertz CT molecular complexity index is 698. The van der Waals surface area contributed by atoms with Gasteiger partial charge in [0.1, 0.15) is 11.6 Å². The highest BCUT2D eigenvalue weighted by Gasteiger charge is 2.20. The Labute approximate surface area is 122 Å². The summed E-state index contributed by atoms with van der Waals surface area (Å²) in [6.07, 6.45) is 1.31. The van der Waals surface area contributed by atoms with Crippen LogP contribution in [0.25, 0.3) is 10.9 Å². The third kappa shape index (κ3) is 2.94. The van der Waals surface area contributed by atoms with Crippen LogP contribution < -0.4 is 5.32 Å². The van der Waals surface area contributed by atoms with Crippen LogP contribution in [0, 0.1) is 0 Å². The number of likely N-dealkylation sites (N-methyl/N-ethyl adjacent to an activating group) is 1. The second kappa shape index (κ2) is 5.78. The van der Waals surface area contributed by atoms with Crippen LogP contribution in [0.2, 0.25) is 0 Å². The van der Waals surface area contributed by atoms with Gasteiger partial charge in [0, 0.05) is 25.7 Å². The normalized spacial score (nSPS) is 12.0. The smallest absolute Gasteiger partial charge is 0.339 e. The monoisotopic (exact) mass is 287 g/mol. The first-order valence-electron chi connectivity index (χ1n) is 6.50. The zero-order valence-electron chi connectivity index (χ0n) is 12.1. The van der Waals surface area contributed by atoms with Crippen molar-refractivity contribution in [1.82, 2.24) is 9.88 Å². The van der Waals surface area contributed by atoms with Crippen LogP contribution in [0.5, 0.6) is 0 Å². The lowest BCUT2D eigenvalue weighted by Gasteiger charge is -2.21. The number of aromatic nitrogens is 1. The highest BCUT2D eigenvalue weighted by atomic mass is 16.4. The molecule has 0 aliphatic rings. The SMILES string of the molecule is CC(Nc1c(C(=O)O)cnc2ccccc12)C(=O)N(C)C. The molecule has 110 valence electrons. The lowest BCUT2D eigenvalue weighted by atomic mass is 10.1. The van der Waals surface area contributed by atoms with E-state index in [-0.39, 0.29) is 11.5 Å². The van der Waals surface area contributed by atoms with E-state index in [0.29, 0.717) is 16.6 Å². The van der Waals surface area contributed by atoms with Crippen molar-refractivity contribution >= 4 is 28.5 Å². The van der Waals surface area contributed by atoms with Gasteiger partial charge in [-0.1, -0.05) is 18.2 Å². The van der Waals surface area contributed by atoms with E-state index in [9.17, 15) is 14.7 Å². The number of amides is 1. The third-order valence-corrected chi connectivity index (χ3v) is 3.18. The molecule has 6 nitrogen and oxygen atoms in total. The Kier molecular flexibility index (Phi) is 4.07. The molecule has 0 bridgehead atoms. The fourth-order valence-electron chi connectivity index (χ4n) is 2.12. The molecule has 0 saturated carbocycles. The van der Waals surface area contributed by atoms with Gasteiger partial charge in [0.2, 0.25) is 5.91 Å². The number of anilines is 1. The second-order valence-electron chi connectivity index (χ2n) is 4.97. The van der Waals surface area contributed by atoms with E-state index in [1.807, 2.05) is 6.07 Å². The Hall–Kier alpha value is -2.63. The number of rotatable bonds is 4. The molecule has 0 radical (unpaired) electrons. The first-order valence-corrected chi connectivity index (χ1v) is 6.50. The molecule has 0 aliphatic carbocycles. The van der Waals surface area contributed by atoms with Gasteiger partial charge >= 0.3 is 5.97 Å². The van der Waals surface area contributed by atoms with E-state index in [4.69, 9.17) is 0 Å². The summed E-state index contributed by atoms with van der Waals surface area (Å²) in [7, 11) is 3.31. The highest BCUT2D eigenvalue weighted by Crippen LogP contribution is 2.26. The van der Waals surface area contributed by atoms with E-state index in [0.717, 1.165) is 0 Å². The van der Waals surface area contributed by atoms with Gasteiger partial charge in [-0.05, 0) is 13.0 Å². The van der Waals surface area contributed by atoms with Crippen LogP contribution in [0.15, 0.2) is 30.5 Å². The molecule has 1 unspecified atom stereocenters. The quantitative estimate of drug-likeness (QED) is 0.896. The lowest BCUT2D eigenvalue weighted by molar-refractivity contribution is -0.129. The molecule has 1 atom stereocenters. The molecule has 6 heteroatoms. The minimum absolute atomic E-state index is 0.0482. The van der Waals surface area contributed by atoms with E-state index < -0.39 is 12.0 Å². The second-order valence-corrected chi connectivity index (χ2v) is 4.97. The first kappa shape index (κ1) is 14.8. The molecule has 2 rings (SSSR count). The predicted molar refractivity (Wildman–Crippen MR) is 80.5 cm³/mol. The summed E-state index contributed by atoms with van der Waals surface area (Å²) >= 11 is 0. The molecule has 0 fully saturated rings. The fraction of sp³-hybridized carbons (Fsp3) is 0.267. The number of para-hydroxylation sites is 1. The molecule has 0 saturated heterocycles. The summed E-state index contributed by atoms with van der Waals surface area (Å²) in [5, 5.41) is 13.0. The Balaban J connectivity index is 2.52. The van der Waals surface area contributed by atoms with Crippen molar-refractivity contribution in [3.8, 4) is 0 Å². The summed E-state index contributed by atoms with van der Waals surface area (Å²) in [5.41, 5.74) is 1.14. The number of fused-ring (bicyclic) bond motifs is 1. The number of hydrogen-bond donors (Lipinski definition) is 2. The zero-order chi connectivity index (χ0) is 15.6. The largest absolute Gasteiger partial charge is 0.478 e. The molecule has 2 N–H and O–H groups in total. The van der Waals surface area contributed by atoms with Crippen LogP contribution in [0.3, 0.4) is 0 Å². The summed E-state index contributed by atoms with van der Waals surface area (Å²) in [5.74, 6) is -1.22. The molecule has 2 aromatic rings. The van der Waals surface area contributed by atoms with Crippen LogP contribution in [-0.4, -0.2) is 47.0 Å². The van der Waals surface area contributed by atoms with Crippen molar-refractivity contribution in [3.63, 3.8) is 0 Å². The van der Waals surface area contributed by atoms with Gasteiger partial charge in [-0.25, -0.2) is 4.79 Å². The molecule has 0 aliphatic heterocycles. The molecule has 1 amide bonds. The summed E-state index contributed by atoms with van der Waals surface area (Å²) in [6.45, 7) is 1.70. The number of carboxylic acids is 1. The van der Waals surface area contributed by atoms with Crippen molar-refractivity contribution in [3.05, 3.63) is 36.0 Å². The molecular weight excluding hydrogens is 270 g/mol. The summed E-state index contributed by atoms with van der Waals surface area (Å²) in [6, 6.07) is 6.67. The maximum Gasteiger partial charge on any atom is 0.339 e. The van der Waals surface area contributed by atoms with Gasteiger partial charge in [0.15, 0.2) is 0 Å². The number of benzene rings is 1. The predicted octanol–water partition coefficient (Wildman–Crippen LogP) is 1.82. The van der Waals surface area contributed by atoms with Crippen molar-refractivity contribution in [2.45, 2.75) is 13.0 Å². The van der Waals surface area contributed by atoms with Crippen molar-refractivity contribution in [2.24, 2.45) is 0 Å². The number of carboxylic acid groups (broad SMARTS) is 1. The van der Waals surface area contributed by atoms with E-state index in [1.165, 1.54) is 11.1 Å². The van der Waals surface area contributed by atoms with Crippen LogP contribution in [-0.2, 0) is 4.79 Å². The summed E-state index contributed by atoms with van der Waals surface area (Å²) in [4.78, 5) is 28.9. The number of nitrogens with one attached hydrogen (secondary N) is 1. The van der Waals surface area contributed by atoms with E-state index >= 15 is 0 Å². The average molecular weight is 287 g/mol. The Morgan fingerprint density at radius 3 is 2.57 bits per heavy atom. The van der Waals surface area contributed by atoms with Gasteiger partial charge in [-0.15, -0.1) is 0 Å². The minimum Gasteiger partial charge on any atom is -0.478 e. The molecule has 0 spiro atoms. The summed E-state index contributed by atoms with van der Waals surface area (Å²) < 4.78 is 0. The Morgan fingerprint density at radius 2 is 1.95 bits per heavy atom. The van der Waals surface area contributed by atoms with Crippen LogP contribution in [0.1, 0.15) is 17.3 Å². The highest BCUT2D eigenvalue weighted by molar-refractivity contribution is 6.05. The fourth-order valence-corrected chi connectivity index (χ4v) is 2.12. The number of hydrogen-bond acceptors (Lipinski definition) is 4. The minimum atomic E-state index is -1.08. The van der Waals surface area contributed by atoms with E-state index in [1.54, 1.807) is 39.2 Å². The van der Waals surface area contributed by atoms with Gasteiger partial charge in [0.25, 0.3) is 0 Å². The van der Waals surface area contributed by atoms with Crippen molar-refractivity contribution < 1.29 is 14.7 Å². The maximum absolute atomic E-state index is 12.0. The topological polar surface area (TPSA) is 82.5 Å². The van der Waals surface area contributed by atoms with Gasteiger partial charge in [-0.2, -0.15) is 0 Å². The van der Waals surface area contributed by atoms with Crippen molar-refractivity contribution in [2.75, 3.05) is 19.4 Å². The molecule has 1 aromatic carbocycles. The van der Waals surface area contributed by atoms with Gasteiger partial charge in [-0.3, -0.25) is 9.78 Å². The molecular formula is C15H17N3O3.